The van der Waals surface area contributed by atoms with Gasteiger partial charge in [-0.25, -0.2) is 14.6 Å². The molecule has 1 heterocycles. The van der Waals surface area contributed by atoms with E-state index >= 15 is 0 Å². The predicted octanol–water partition coefficient (Wildman–Crippen LogP) is 3.97. The minimum Gasteiger partial charge on any atom is -0.465 e. The molecule has 0 N–H and O–H groups in total. The normalized spacial score (nSPS) is 14.9. The van der Waals surface area contributed by atoms with Gasteiger partial charge >= 0.3 is 11.9 Å². The second-order valence-corrected chi connectivity index (χ2v) is 6.01. The maximum absolute atomic E-state index is 12.2. The molecule has 5 heteroatoms. The molecule has 0 unspecified atom stereocenters. The fourth-order valence-corrected chi connectivity index (χ4v) is 2.85. The highest BCUT2D eigenvalue weighted by Crippen LogP contribution is 2.22. The van der Waals surface area contributed by atoms with E-state index in [1.807, 2.05) is 42.5 Å². The highest BCUT2D eigenvalue weighted by Gasteiger charge is 2.24. The predicted molar refractivity (Wildman–Crippen MR) is 102 cm³/mol. The number of methoxy groups -OCH3 is 1. The summed E-state index contributed by atoms with van der Waals surface area (Å²) in [7, 11) is 1.33. The number of ether oxygens (including phenoxy) is 2. The van der Waals surface area contributed by atoms with Crippen molar-refractivity contribution >= 4 is 34.7 Å². The summed E-state index contributed by atoms with van der Waals surface area (Å²) in [5, 5.41) is 2.15. The standard InChI is InChI=1S/C22H15NO4/c1-26-21(24)16-8-6-14(7-9-16)12-19-22(25)27-20(23-19)18-11-10-15-4-2-3-5-17(15)13-18/h2-13H,1H3. The number of carbonyl (C=O) groups is 2. The SMILES string of the molecule is COC(=O)c1ccc(C=C2N=C(c3ccc4ccccc4c3)OC2=O)cc1. The number of cyclic esters (lactones) is 1. The first-order valence-electron chi connectivity index (χ1n) is 8.34. The molecule has 27 heavy (non-hydrogen) atoms. The largest absolute Gasteiger partial charge is 0.465 e. The van der Waals surface area contributed by atoms with Gasteiger partial charge in [-0.3, -0.25) is 0 Å². The highest BCUT2D eigenvalue weighted by atomic mass is 16.6. The van der Waals surface area contributed by atoms with Crippen LogP contribution in [0.15, 0.2) is 77.4 Å². The van der Waals surface area contributed by atoms with E-state index in [0.29, 0.717) is 5.56 Å². The average molecular weight is 357 g/mol. The lowest BCUT2D eigenvalue weighted by Crippen LogP contribution is -2.05. The number of esters is 2. The number of nitrogens with zero attached hydrogens (tertiary/aromatic N) is 1. The highest BCUT2D eigenvalue weighted by molar-refractivity contribution is 6.13. The number of hydrogen-bond donors (Lipinski definition) is 0. The first-order valence-corrected chi connectivity index (χ1v) is 8.34. The number of fused-ring (bicyclic) bond motifs is 1. The number of aliphatic imine (C=N–C) groups is 1. The summed E-state index contributed by atoms with van der Waals surface area (Å²) in [6.45, 7) is 0. The third-order valence-corrected chi connectivity index (χ3v) is 4.25. The van der Waals surface area contributed by atoms with Crippen LogP contribution in [0.3, 0.4) is 0 Å². The first-order chi connectivity index (χ1) is 13.1. The Morgan fingerprint density at radius 1 is 1.00 bits per heavy atom. The van der Waals surface area contributed by atoms with Crippen molar-refractivity contribution in [3.05, 3.63) is 89.1 Å². The molecule has 1 aliphatic rings. The van der Waals surface area contributed by atoms with Gasteiger partial charge in [-0.15, -0.1) is 0 Å². The zero-order chi connectivity index (χ0) is 18.8. The molecule has 1 aliphatic heterocycles. The van der Waals surface area contributed by atoms with Gasteiger partial charge in [0.1, 0.15) is 0 Å². The van der Waals surface area contributed by atoms with E-state index in [4.69, 9.17) is 4.74 Å². The molecule has 132 valence electrons. The van der Waals surface area contributed by atoms with Crippen molar-refractivity contribution in [2.75, 3.05) is 7.11 Å². The number of hydrogen-bond acceptors (Lipinski definition) is 5. The summed E-state index contributed by atoms with van der Waals surface area (Å²) >= 11 is 0. The lowest BCUT2D eigenvalue weighted by Gasteiger charge is -2.02. The summed E-state index contributed by atoms with van der Waals surface area (Å²) in [6.07, 6.45) is 1.62. The molecule has 0 bridgehead atoms. The second-order valence-electron chi connectivity index (χ2n) is 6.01. The maximum atomic E-state index is 12.2. The van der Waals surface area contributed by atoms with Crippen LogP contribution in [0.5, 0.6) is 0 Å². The topological polar surface area (TPSA) is 65.0 Å². The first kappa shape index (κ1) is 16.7. The van der Waals surface area contributed by atoms with Crippen LogP contribution in [0.4, 0.5) is 0 Å². The maximum Gasteiger partial charge on any atom is 0.363 e. The molecule has 0 radical (unpaired) electrons. The molecule has 0 aromatic heterocycles. The Hall–Kier alpha value is -3.73. The second kappa shape index (κ2) is 6.88. The minimum atomic E-state index is -0.504. The van der Waals surface area contributed by atoms with Crippen LogP contribution in [-0.4, -0.2) is 24.9 Å². The fourth-order valence-electron chi connectivity index (χ4n) is 2.85. The fraction of sp³-hybridized carbons (Fsp3) is 0.0455. The molecule has 0 saturated carbocycles. The average Bonchev–Trinajstić information content (AvgIpc) is 3.08. The van der Waals surface area contributed by atoms with Crippen molar-refractivity contribution in [3.63, 3.8) is 0 Å². The van der Waals surface area contributed by atoms with Gasteiger partial charge in [0.05, 0.1) is 12.7 Å². The van der Waals surface area contributed by atoms with Crippen molar-refractivity contribution in [2.24, 2.45) is 4.99 Å². The van der Waals surface area contributed by atoms with Crippen LogP contribution in [0.25, 0.3) is 16.8 Å². The van der Waals surface area contributed by atoms with Gasteiger partial charge < -0.3 is 9.47 Å². The molecule has 0 aliphatic carbocycles. The molecule has 0 fully saturated rings. The van der Waals surface area contributed by atoms with Crippen molar-refractivity contribution in [1.82, 2.24) is 0 Å². The molecule has 0 atom stereocenters. The Bertz CT molecular complexity index is 1110. The Balaban J connectivity index is 1.63. The van der Waals surface area contributed by atoms with E-state index in [2.05, 4.69) is 9.73 Å². The van der Waals surface area contributed by atoms with E-state index in [9.17, 15) is 9.59 Å². The summed E-state index contributed by atoms with van der Waals surface area (Å²) in [6, 6.07) is 20.4. The Morgan fingerprint density at radius 3 is 2.48 bits per heavy atom. The van der Waals surface area contributed by atoms with Crippen molar-refractivity contribution < 1.29 is 19.1 Å². The molecule has 5 nitrogen and oxygen atoms in total. The zero-order valence-electron chi connectivity index (χ0n) is 14.5. The summed E-state index contributed by atoms with van der Waals surface area (Å²) < 4.78 is 10.00. The smallest absolute Gasteiger partial charge is 0.363 e. The van der Waals surface area contributed by atoms with Crippen LogP contribution in [0, 0.1) is 0 Å². The van der Waals surface area contributed by atoms with E-state index in [1.165, 1.54) is 7.11 Å². The van der Waals surface area contributed by atoms with Gasteiger partial charge in [0.2, 0.25) is 5.90 Å². The summed E-state index contributed by atoms with van der Waals surface area (Å²) in [5.41, 5.74) is 2.13. The summed E-state index contributed by atoms with van der Waals surface area (Å²) in [4.78, 5) is 28.0. The Labute approximate surface area is 155 Å². The Morgan fingerprint density at radius 2 is 1.74 bits per heavy atom. The molecule has 0 spiro atoms. The van der Waals surface area contributed by atoms with Crippen LogP contribution in [0.2, 0.25) is 0 Å². The molecule has 4 rings (SSSR count). The molecule has 0 saturated heterocycles. The van der Waals surface area contributed by atoms with Gasteiger partial charge in [0, 0.05) is 5.56 Å². The molecule has 0 amide bonds. The van der Waals surface area contributed by atoms with Crippen molar-refractivity contribution in [1.29, 1.82) is 0 Å². The number of benzene rings is 3. The molecular weight excluding hydrogens is 342 g/mol. The van der Waals surface area contributed by atoms with E-state index < -0.39 is 11.9 Å². The zero-order valence-corrected chi connectivity index (χ0v) is 14.5. The number of carbonyl (C=O) groups excluding carboxylic acids is 2. The van der Waals surface area contributed by atoms with Crippen molar-refractivity contribution in [2.45, 2.75) is 0 Å². The van der Waals surface area contributed by atoms with Gasteiger partial charge in [-0.1, -0.05) is 42.5 Å². The van der Waals surface area contributed by atoms with Gasteiger partial charge in [0.25, 0.3) is 0 Å². The van der Waals surface area contributed by atoms with Crippen molar-refractivity contribution in [3.8, 4) is 0 Å². The quantitative estimate of drug-likeness (QED) is 0.525. The van der Waals surface area contributed by atoms with Gasteiger partial charge in [-0.05, 0) is 46.7 Å². The lowest BCUT2D eigenvalue weighted by molar-refractivity contribution is -0.129. The van der Waals surface area contributed by atoms with Crippen LogP contribution in [-0.2, 0) is 14.3 Å². The summed E-state index contributed by atoms with van der Waals surface area (Å²) in [5.74, 6) is -0.635. The van der Waals surface area contributed by atoms with Crippen LogP contribution < -0.4 is 0 Å². The number of rotatable bonds is 3. The van der Waals surface area contributed by atoms with Gasteiger partial charge in [0.15, 0.2) is 5.70 Å². The molecule has 3 aromatic carbocycles. The monoisotopic (exact) mass is 357 g/mol. The van der Waals surface area contributed by atoms with Gasteiger partial charge in [-0.2, -0.15) is 0 Å². The lowest BCUT2D eigenvalue weighted by atomic mass is 10.1. The van der Waals surface area contributed by atoms with E-state index in [-0.39, 0.29) is 11.6 Å². The van der Waals surface area contributed by atoms with E-state index in [1.54, 1.807) is 30.3 Å². The molecular formula is C22H15NO4. The van der Waals surface area contributed by atoms with E-state index in [0.717, 1.165) is 21.9 Å². The molecule has 3 aromatic rings. The third-order valence-electron chi connectivity index (χ3n) is 4.25. The third kappa shape index (κ3) is 3.35. The Kier molecular flexibility index (Phi) is 4.26. The van der Waals surface area contributed by atoms with Crippen LogP contribution in [0.1, 0.15) is 21.5 Å². The van der Waals surface area contributed by atoms with Crippen LogP contribution >= 0.6 is 0 Å². The minimum absolute atomic E-state index is 0.212.